The first-order valence-corrected chi connectivity index (χ1v) is 12.4. The Morgan fingerprint density at radius 1 is 1.22 bits per heavy atom. The van der Waals surface area contributed by atoms with Crippen molar-refractivity contribution >= 4 is 22.9 Å². The van der Waals surface area contributed by atoms with Crippen LogP contribution in [-0.4, -0.2) is 66.0 Å². The van der Waals surface area contributed by atoms with Crippen LogP contribution in [0.15, 0.2) is 42.9 Å². The van der Waals surface area contributed by atoms with E-state index in [-0.39, 0.29) is 23.8 Å². The fourth-order valence-corrected chi connectivity index (χ4v) is 4.92. The Bertz CT molecular complexity index is 1440. The standard InChI is InChI=1S/C27H32FN7O2/c1-27(2,37)16-35-22-6-5-18(17-8-11-33(3)12-9-17)13-21(22)31-26(35)32-25(36)20-7-10-29-24(23(20)28)19-14-30-34(4)15-19/h5-7,10,13-15,17,37H,8-9,11-12,16H2,1-4H3,(H,31,32,36). The predicted molar refractivity (Wildman–Crippen MR) is 140 cm³/mol. The summed E-state index contributed by atoms with van der Waals surface area (Å²) in [4.78, 5) is 24.4. The fourth-order valence-electron chi connectivity index (χ4n) is 4.92. The van der Waals surface area contributed by atoms with Gasteiger partial charge >= 0.3 is 0 Å². The molecule has 1 saturated heterocycles. The first-order chi connectivity index (χ1) is 17.6. The predicted octanol–water partition coefficient (Wildman–Crippen LogP) is 3.80. The van der Waals surface area contributed by atoms with Crippen molar-refractivity contribution in [1.29, 1.82) is 0 Å². The molecule has 0 radical (unpaired) electrons. The van der Waals surface area contributed by atoms with E-state index in [0.717, 1.165) is 37.0 Å². The molecule has 3 aromatic heterocycles. The number of fused-ring (bicyclic) bond motifs is 1. The first-order valence-electron chi connectivity index (χ1n) is 12.4. The molecule has 0 spiro atoms. The van der Waals surface area contributed by atoms with Crippen LogP contribution in [0.2, 0.25) is 0 Å². The zero-order valence-electron chi connectivity index (χ0n) is 21.6. The van der Waals surface area contributed by atoms with Crippen molar-refractivity contribution in [2.24, 2.45) is 7.05 Å². The molecule has 0 unspecified atom stereocenters. The number of carbonyl (C=O) groups is 1. The smallest absolute Gasteiger partial charge is 0.261 e. The third kappa shape index (κ3) is 5.26. The van der Waals surface area contributed by atoms with Crippen LogP contribution in [0, 0.1) is 5.82 Å². The Labute approximate surface area is 214 Å². The van der Waals surface area contributed by atoms with Gasteiger partial charge in [-0.25, -0.2) is 9.37 Å². The maximum absolute atomic E-state index is 15.4. The van der Waals surface area contributed by atoms with Gasteiger partial charge in [0, 0.05) is 25.0 Å². The highest BCUT2D eigenvalue weighted by Gasteiger charge is 2.25. The molecule has 5 rings (SSSR count). The maximum atomic E-state index is 15.4. The second-order valence-electron chi connectivity index (χ2n) is 10.5. The number of aromatic nitrogens is 5. The average Bonchev–Trinajstić information content (AvgIpc) is 3.41. The van der Waals surface area contributed by atoms with Crippen LogP contribution in [-0.2, 0) is 13.6 Å². The van der Waals surface area contributed by atoms with E-state index in [4.69, 9.17) is 4.98 Å². The van der Waals surface area contributed by atoms with E-state index >= 15 is 4.39 Å². The second kappa shape index (κ2) is 9.68. The Kier molecular flexibility index (Phi) is 6.55. The molecule has 9 nitrogen and oxygen atoms in total. The lowest BCUT2D eigenvalue weighted by Crippen LogP contribution is -2.29. The highest BCUT2D eigenvalue weighted by Crippen LogP contribution is 2.31. The summed E-state index contributed by atoms with van der Waals surface area (Å²) >= 11 is 0. The van der Waals surface area contributed by atoms with E-state index in [9.17, 15) is 9.90 Å². The average molecular weight is 506 g/mol. The summed E-state index contributed by atoms with van der Waals surface area (Å²) in [6.07, 6.45) is 6.69. The summed E-state index contributed by atoms with van der Waals surface area (Å²) < 4.78 is 18.7. The van der Waals surface area contributed by atoms with Gasteiger partial charge in [-0.1, -0.05) is 6.07 Å². The zero-order chi connectivity index (χ0) is 26.3. The Morgan fingerprint density at radius 2 is 1.97 bits per heavy atom. The molecule has 0 saturated carbocycles. The summed E-state index contributed by atoms with van der Waals surface area (Å²) in [5.74, 6) is -0.674. The molecule has 1 aromatic carbocycles. The molecule has 0 aliphatic carbocycles. The molecule has 2 N–H and O–H groups in total. The molecule has 4 aromatic rings. The van der Waals surface area contributed by atoms with Crippen LogP contribution in [0.25, 0.3) is 22.3 Å². The number of aryl methyl sites for hydroxylation is 1. The van der Waals surface area contributed by atoms with E-state index in [1.54, 1.807) is 36.3 Å². The largest absolute Gasteiger partial charge is 0.389 e. The minimum absolute atomic E-state index is 0.0495. The summed E-state index contributed by atoms with van der Waals surface area (Å²) in [6, 6.07) is 7.50. The molecule has 1 amide bonds. The molecular formula is C27H32FN7O2. The number of halogens is 1. The Hall–Kier alpha value is -3.63. The van der Waals surface area contributed by atoms with Gasteiger partial charge in [-0.15, -0.1) is 0 Å². The maximum Gasteiger partial charge on any atom is 0.261 e. The summed E-state index contributed by atoms with van der Waals surface area (Å²) in [5, 5.41) is 17.4. The van der Waals surface area contributed by atoms with E-state index in [1.807, 2.05) is 6.07 Å². The summed E-state index contributed by atoms with van der Waals surface area (Å²) in [6.45, 7) is 5.69. The van der Waals surface area contributed by atoms with Crippen LogP contribution < -0.4 is 5.32 Å². The zero-order valence-corrected chi connectivity index (χ0v) is 21.6. The molecule has 194 valence electrons. The third-order valence-electron chi connectivity index (χ3n) is 6.84. The van der Waals surface area contributed by atoms with Crippen LogP contribution in [0.5, 0.6) is 0 Å². The number of carbonyl (C=O) groups excluding carboxylic acids is 1. The van der Waals surface area contributed by atoms with Gasteiger partial charge in [0.25, 0.3) is 5.91 Å². The van der Waals surface area contributed by atoms with Crippen molar-refractivity contribution < 1.29 is 14.3 Å². The minimum atomic E-state index is -1.06. The number of pyridine rings is 1. The molecular weight excluding hydrogens is 473 g/mol. The number of nitrogens with one attached hydrogen (secondary N) is 1. The van der Waals surface area contributed by atoms with Crippen molar-refractivity contribution in [2.75, 3.05) is 25.5 Å². The van der Waals surface area contributed by atoms with Crippen LogP contribution in [0.4, 0.5) is 10.3 Å². The molecule has 1 fully saturated rings. The number of nitrogens with zero attached hydrogens (tertiary/aromatic N) is 6. The SMILES string of the molecule is CN1CCC(c2ccc3c(c2)nc(NC(=O)c2ccnc(-c4cnn(C)c4)c2F)n3CC(C)(C)O)CC1. The lowest BCUT2D eigenvalue weighted by atomic mass is 9.89. The molecule has 37 heavy (non-hydrogen) atoms. The van der Waals surface area contributed by atoms with Gasteiger partial charge in [0.1, 0.15) is 5.69 Å². The minimum Gasteiger partial charge on any atom is -0.389 e. The second-order valence-corrected chi connectivity index (χ2v) is 10.5. The van der Waals surface area contributed by atoms with Crippen LogP contribution >= 0.6 is 0 Å². The van der Waals surface area contributed by atoms with Crippen molar-refractivity contribution in [3.63, 3.8) is 0 Å². The van der Waals surface area contributed by atoms with Gasteiger partial charge in [0.05, 0.1) is 34.9 Å². The van der Waals surface area contributed by atoms with E-state index in [0.29, 0.717) is 11.5 Å². The first kappa shape index (κ1) is 25.0. The van der Waals surface area contributed by atoms with E-state index in [1.165, 1.54) is 24.0 Å². The summed E-state index contributed by atoms with van der Waals surface area (Å²) in [7, 11) is 3.86. The number of benzene rings is 1. The van der Waals surface area contributed by atoms with E-state index in [2.05, 4.69) is 39.5 Å². The number of hydrogen-bond acceptors (Lipinski definition) is 6. The van der Waals surface area contributed by atoms with Gasteiger partial charge in [-0.3, -0.25) is 19.8 Å². The molecule has 4 heterocycles. The van der Waals surface area contributed by atoms with Crippen LogP contribution in [0.1, 0.15) is 48.5 Å². The number of amides is 1. The monoisotopic (exact) mass is 505 g/mol. The number of anilines is 1. The van der Waals surface area contributed by atoms with Crippen molar-refractivity contribution in [3.05, 3.63) is 59.8 Å². The van der Waals surface area contributed by atoms with Crippen molar-refractivity contribution in [3.8, 4) is 11.3 Å². The number of likely N-dealkylation sites (tertiary alicyclic amines) is 1. The molecule has 1 aliphatic heterocycles. The Morgan fingerprint density at radius 3 is 2.65 bits per heavy atom. The Balaban J connectivity index is 1.49. The number of piperidine rings is 1. The normalized spacial score (nSPS) is 15.4. The lowest BCUT2D eigenvalue weighted by Gasteiger charge is -2.29. The van der Waals surface area contributed by atoms with Crippen molar-refractivity contribution in [1.82, 2.24) is 29.2 Å². The quantitative estimate of drug-likeness (QED) is 0.413. The number of hydrogen-bond donors (Lipinski definition) is 2. The van der Waals surface area contributed by atoms with Crippen molar-refractivity contribution in [2.45, 2.75) is 44.8 Å². The third-order valence-corrected chi connectivity index (χ3v) is 6.84. The fraction of sp³-hybridized carbons (Fsp3) is 0.407. The highest BCUT2D eigenvalue weighted by atomic mass is 19.1. The summed E-state index contributed by atoms with van der Waals surface area (Å²) in [5.41, 5.74) is 2.05. The highest BCUT2D eigenvalue weighted by molar-refractivity contribution is 6.05. The van der Waals surface area contributed by atoms with Crippen LogP contribution in [0.3, 0.4) is 0 Å². The topological polar surface area (TPSA) is 101 Å². The molecule has 0 bridgehead atoms. The van der Waals surface area contributed by atoms with Gasteiger partial charge < -0.3 is 14.6 Å². The molecule has 10 heteroatoms. The number of aliphatic hydroxyl groups is 1. The number of imidazole rings is 1. The molecule has 1 aliphatic rings. The van der Waals surface area contributed by atoms with Gasteiger partial charge in [0.2, 0.25) is 5.95 Å². The van der Waals surface area contributed by atoms with E-state index < -0.39 is 17.3 Å². The number of rotatable bonds is 6. The van der Waals surface area contributed by atoms with Gasteiger partial charge in [-0.2, -0.15) is 5.10 Å². The lowest BCUT2D eigenvalue weighted by molar-refractivity contribution is 0.0630. The van der Waals surface area contributed by atoms with Gasteiger partial charge in [0.15, 0.2) is 5.82 Å². The molecule has 0 atom stereocenters. The van der Waals surface area contributed by atoms with Gasteiger partial charge in [-0.05, 0) is 76.5 Å².